The molecule has 1 amide bonds. The Morgan fingerprint density at radius 3 is 2.67 bits per heavy atom. The van der Waals surface area contributed by atoms with Crippen molar-refractivity contribution in [2.45, 2.75) is 19.4 Å². The van der Waals surface area contributed by atoms with Gasteiger partial charge < -0.3 is 4.57 Å². The average molecular weight is 317 g/mol. The Bertz CT molecular complexity index is 940. The van der Waals surface area contributed by atoms with Crippen LogP contribution in [0, 0.1) is 0 Å². The van der Waals surface area contributed by atoms with Crippen LogP contribution in [0.4, 0.5) is 0 Å². The van der Waals surface area contributed by atoms with Gasteiger partial charge in [0, 0.05) is 37.5 Å². The predicted octanol–water partition coefficient (Wildman–Crippen LogP) is 3.88. The number of fused-ring (bicyclic) bond motifs is 1. The first kappa shape index (κ1) is 14.7. The van der Waals surface area contributed by atoms with Crippen molar-refractivity contribution in [3.8, 4) is 0 Å². The Morgan fingerprint density at radius 2 is 1.92 bits per heavy atom. The Balaban J connectivity index is 1.72. The van der Waals surface area contributed by atoms with Crippen LogP contribution >= 0.6 is 0 Å². The van der Waals surface area contributed by atoms with Crippen LogP contribution in [-0.2, 0) is 11.8 Å². The Labute approximate surface area is 141 Å². The second-order valence-electron chi connectivity index (χ2n) is 6.24. The smallest absolute Gasteiger partial charge is 0.240 e. The van der Waals surface area contributed by atoms with Crippen LogP contribution in [0.1, 0.15) is 30.5 Å². The summed E-state index contributed by atoms with van der Waals surface area (Å²) in [5.74, 6) is -0.0281. The number of amides is 1. The number of carbonyl (C=O) groups excluding carboxylic acids is 1. The summed E-state index contributed by atoms with van der Waals surface area (Å²) < 4.78 is 2.10. The molecule has 1 aliphatic heterocycles. The minimum absolute atomic E-state index is 0.0230. The van der Waals surface area contributed by atoms with E-state index in [2.05, 4.69) is 52.3 Å². The molecule has 2 heterocycles. The molecule has 1 atom stereocenters. The van der Waals surface area contributed by atoms with Gasteiger partial charge in [0.15, 0.2) is 0 Å². The van der Waals surface area contributed by atoms with Crippen LogP contribution in [0.5, 0.6) is 0 Å². The topological polar surface area (TPSA) is 37.6 Å². The Morgan fingerprint density at radius 1 is 1.12 bits per heavy atom. The van der Waals surface area contributed by atoms with Gasteiger partial charge in [0.05, 0.1) is 11.8 Å². The molecule has 24 heavy (non-hydrogen) atoms. The third-order valence-corrected chi connectivity index (χ3v) is 4.64. The van der Waals surface area contributed by atoms with Gasteiger partial charge in [0.2, 0.25) is 5.91 Å². The van der Waals surface area contributed by atoms with Crippen molar-refractivity contribution in [2.75, 3.05) is 0 Å². The van der Waals surface area contributed by atoms with E-state index in [0.717, 1.165) is 23.3 Å². The molecule has 0 saturated heterocycles. The van der Waals surface area contributed by atoms with Gasteiger partial charge in [-0.25, -0.2) is 5.01 Å². The molecule has 0 radical (unpaired) electrons. The van der Waals surface area contributed by atoms with E-state index in [1.807, 2.05) is 25.2 Å². The fraction of sp³-hybridized carbons (Fsp3) is 0.200. The molecule has 0 bridgehead atoms. The summed E-state index contributed by atoms with van der Waals surface area (Å²) in [7, 11) is 2.04. The van der Waals surface area contributed by atoms with Gasteiger partial charge in [-0.05, 0) is 29.3 Å². The number of aryl methyl sites for hydroxylation is 1. The standard InChI is InChI=1S/C20H19N3O/c1-14(24)23-20(15-6-4-3-5-7-15)13-18(21-23)16-8-9-19-17(12-16)10-11-22(19)2/h3-12,20H,13H2,1-2H3. The Hall–Kier alpha value is -2.88. The van der Waals surface area contributed by atoms with E-state index < -0.39 is 0 Å². The highest BCUT2D eigenvalue weighted by atomic mass is 16.2. The van der Waals surface area contributed by atoms with Crippen LogP contribution in [0.3, 0.4) is 0 Å². The first-order valence-electron chi connectivity index (χ1n) is 8.11. The third-order valence-electron chi connectivity index (χ3n) is 4.64. The zero-order chi connectivity index (χ0) is 16.7. The van der Waals surface area contributed by atoms with Crippen molar-refractivity contribution in [3.63, 3.8) is 0 Å². The number of rotatable bonds is 2. The van der Waals surface area contributed by atoms with E-state index in [4.69, 9.17) is 0 Å². The van der Waals surface area contributed by atoms with E-state index in [-0.39, 0.29) is 11.9 Å². The molecular formula is C20H19N3O. The summed E-state index contributed by atoms with van der Waals surface area (Å²) in [5, 5.41) is 7.42. The summed E-state index contributed by atoms with van der Waals surface area (Å²) in [6.07, 6.45) is 2.79. The highest BCUT2D eigenvalue weighted by Gasteiger charge is 2.31. The average Bonchev–Trinajstić information content (AvgIpc) is 3.20. The maximum atomic E-state index is 12.0. The number of nitrogens with zero attached hydrogens (tertiary/aromatic N) is 3. The monoisotopic (exact) mass is 317 g/mol. The molecule has 2 aromatic carbocycles. The molecule has 3 aromatic rings. The van der Waals surface area contributed by atoms with Crippen LogP contribution in [-0.4, -0.2) is 21.2 Å². The molecule has 4 nitrogen and oxygen atoms in total. The quantitative estimate of drug-likeness (QED) is 0.707. The minimum Gasteiger partial charge on any atom is -0.351 e. The largest absolute Gasteiger partial charge is 0.351 e. The number of hydrazone groups is 1. The van der Waals surface area contributed by atoms with Gasteiger partial charge in [-0.15, -0.1) is 0 Å². The zero-order valence-corrected chi connectivity index (χ0v) is 13.8. The first-order valence-corrected chi connectivity index (χ1v) is 8.11. The fourth-order valence-electron chi connectivity index (χ4n) is 3.37. The van der Waals surface area contributed by atoms with E-state index >= 15 is 0 Å². The molecule has 0 saturated carbocycles. The van der Waals surface area contributed by atoms with Crippen molar-refractivity contribution in [1.29, 1.82) is 0 Å². The molecule has 4 heteroatoms. The van der Waals surface area contributed by atoms with Crippen molar-refractivity contribution >= 4 is 22.5 Å². The fourth-order valence-corrected chi connectivity index (χ4v) is 3.37. The van der Waals surface area contributed by atoms with Gasteiger partial charge >= 0.3 is 0 Å². The SMILES string of the molecule is CC(=O)N1N=C(c2ccc3c(ccn3C)c2)CC1c1ccccc1. The molecular weight excluding hydrogens is 298 g/mol. The summed E-state index contributed by atoms with van der Waals surface area (Å²) >= 11 is 0. The molecule has 1 aliphatic rings. The van der Waals surface area contributed by atoms with Gasteiger partial charge in [0.1, 0.15) is 0 Å². The summed E-state index contributed by atoms with van der Waals surface area (Å²) in [6.45, 7) is 1.57. The number of hydrogen-bond acceptors (Lipinski definition) is 2. The minimum atomic E-state index is -0.0281. The van der Waals surface area contributed by atoms with Crippen molar-refractivity contribution in [2.24, 2.45) is 12.1 Å². The lowest BCUT2D eigenvalue weighted by molar-refractivity contribution is -0.130. The van der Waals surface area contributed by atoms with E-state index in [0.29, 0.717) is 0 Å². The van der Waals surface area contributed by atoms with E-state index in [1.54, 1.807) is 11.9 Å². The molecule has 4 rings (SSSR count). The zero-order valence-electron chi connectivity index (χ0n) is 13.8. The number of aromatic nitrogens is 1. The summed E-state index contributed by atoms with van der Waals surface area (Å²) in [4.78, 5) is 12.0. The van der Waals surface area contributed by atoms with Crippen molar-refractivity contribution in [1.82, 2.24) is 9.58 Å². The number of benzene rings is 2. The third kappa shape index (κ3) is 2.40. The van der Waals surface area contributed by atoms with Crippen molar-refractivity contribution < 1.29 is 4.79 Å². The maximum Gasteiger partial charge on any atom is 0.240 e. The first-order chi connectivity index (χ1) is 11.6. The molecule has 0 aliphatic carbocycles. The molecule has 1 unspecified atom stereocenters. The number of hydrogen-bond donors (Lipinski definition) is 0. The molecule has 120 valence electrons. The van der Waals surface area contributed by atoms with Gasteiger partial charge in [-0.2, -0.15) is 5.10 Å². The van der Waals surface area contributed by atoms with Crippen molar-refractivity contribution in [3.05, 3.63) is 71.9 Å². The lowest BCUT2D eigenvalue weighted by Gasteiger charge is -2.20. The number of carbonyl (C=O) groups is 1. The molecule has 0 fully saturated rings. The second kappa shape index (κ2) is 5.64. The highest BCUT2D eigenvalue weighted by Crippen LogP contribution is 2.33. The normalized spacial score (nSPS) is 17.3. The second-order valence-corrected chi connectivity index (χ2v) is 6.24. The lowest BCUT2D eigenvalue weighted by atomic mass is 9.98. The van der Waals surface area contributed by atoms with Gasteiger partial charge in [-0.3, -0.25) is 4.79 Å². The van der Waals surface area contributed by atoms with Crippen LogP contribution < -0.4 is 0 Å². The molecule has 1 aromatic heterocycles. The Kier molecular flexibility index (Phi) is 3.45. The summed E-state index contributed by atoms with van der Waals surface area (Å²) in [5.41, 5.74) is 4.36. The van der Waals surface area contributed by atoms with E-state index in [1.165, 1.54) is 10.9 Å². The maximum absolute atomic E-state index is 12.0. The molecule has 0 spiro atoms. The summed E-state index contributed by atoms with van der Waals surface area (Å²) in [6, 6.07) is 18.5. The van der Waals surface area contributed by atoms with Crippen LogP contribution in [0.2, 0.25) is 0 Å². The predicted molar refractivity (Wildman–Crippen MR) is 95.8 cm³/mol. The lowest BCUT2D eigenvalue weighted by Crippen LogP contribution is -2.24. The van der Waals surface area contributed by atoms with Crippen LogP contribution in [0.15, 0.2) is 65.9 Å². The van der Waals surface area contributed by atoms with Gasteiger partial charge in [0.25, 0.3) is 0 Å². The van der Waals surface area contributed by atoms with E-state index in [9.17, 15) is 4.79 Å². The van der Waals surface area contributed by atoms with Gasteiger partial charge in [-0.1, -0.05) is 36.4 Å². The molecule has 0 N–H and O–H groups in total. The highest BCUT2D eigenvalue weighted by molar-refractivity contribution is 6.05. The van der Waals surface area contributed by atoms with Crippen LogP contribution in [0.25, 0.3) is 10.9 Å².